The van der Waals surface area contributed by atoms with Crippen molar-refractivity contribution in [3.8, 4) is 11.5 Å². The minimum absolute atomic E-state index is 0.0404. The van der Waals surface area contributed by atoms with Gasteiger partial charge >= 0.3 is 11.8 Å². The first kappa shape index (κ1) is 25.4. The zero-order valence-corrected chi connectivity index (χ0v) is 19.5. The van der Waals surface area contributed by atoms with Gasteiger partial charge in [-0.3, -0.25) is 14.4 Å². The van der Waals surface area contributed by atoms with Gasteiger partial charge in [-0.1, -0.05) is 26.0 Å². The molecule has 0 aliphatic heterocycles. The SMILES string of the molecule is CC[C@@H](C)c1ccc(NC(=O)C/C(C)=N\NC(=O)C(=O)Nc2ccc(OC)cc2OC)cc1. The first-order valence-electron chi connectivity index (χ1n) is 10.5. The van der Waals surface area contributed by atoms with Crippen molar-refractivity contribution in [1.29, 1.82) is 0 Å². The average molecular weight is 455 g/mol. The number of hydrogen-bond donors (Lipinski definition) is 3. The normalized spacial score (nSPS) is 11.8. The molecular weight excluding hydrogens is 424 g/mol. The van der Waals surface area contributed by atoms with Crippen LogP contribution in [-0.4, -0.2) is 37.7 Å². The van der Waals surface area contributed by atoms with Gasteiger partial charge in [0.05, 0.1) is 26.3 Å². The molecule has 0 bridgehead atoms. The third-order valence-corrected chi connectivity index (χ3v) is 5.00. The molecule has 33 heavy (non-hydrogen) atoms. The Hall–Kier alpha value is -3.88. The van der Waals surface area contributed by atoms with Crippen molar-refractivity contribution in [2.75, 3.05) is 24.9 Å². The fraction of sp³-hybridized carbons (Fsp3) is 0.333. The van der Waals surface area contributed by atoms with E-state index in [1.807, 2.05) is 24.3 Å². The molecule has 0 spiro atoms. The molecule has 0 unspecified atom stereocenters. The van der Waals surface area contributed by atoms with Gasteiger partial charge in [-0.25, -0.2) is 5.43 Å². The van der Waals surface area contributed by atoms with Gasteiger partial charge in [0.2, 0.25) is 5.91 Å². The maximum Gasteiger partial charge on any atom is 0.329 e. The number of nitrogens with zero attached hydrogens (tertiary/aromatic N) is 1. The fourth-order valence-corrected chi connectivity index (χ4v) is 2.89. The molecule has 2 aromatic rings. The minimum Gasteiger partial charge on any atom is -0.497 e. The van der Waals surface area contributed by atoms with Crippen molar-refractivity contribution < 1.29 is 23.9 Å². The second-order valence-corrected chi connectivity index (χ2v) is 7.46. The molecule has 0 fully saturated rings. The number of hydrazone groups is 1. The van der Waals surface area contributed by atoms with E-state index >= 15 is 0 Å². The van der Waals surface area contributed by atoms with Crippen LogP contribution in [0.2, 0.25) is 0 Å². The second kappa shape index (κ2) is 12.2. The topological polar surface area (TPSA) is 118 Å². The van der Waals surface area contributed by atoms with Crippen LogP contribution in [0.4, 0.5) is 11.4 Å². The van der Waals surface area contributed by atoms with Crippen molar-refractivity contribution in [1.82, 2.24) is 5.43 Å². The van der Waals surface area contributed by atoms with Crippen molar-refractivity contribution in [3.05, 3.63) is 48.0 Å². The molecule has 0 aromatic heterocycles. The largest absolute Gasteiger partial charge is 0.497 e. The van der Waals surface area contributed by atoms with Crippen LogP contribution in [0.15, 0.2) is 47.6 Å². The first-order chi connectivity index (χ1) is 15.8. The molecule has 1 atom stereocenters. The van der Waals surface area contributed by atoms with Gasteiger partial charge in [0.15, 0.2) is 0 Å². The van der Waals surface area contributed by atoms with Gasteiger partial charge in [0, 0.05) is 17.5 Å². The van der Waals surface area contributed by atoms with Crippen molar-refractivity contribution in [3.63, 3.8) is 0 Å². The predicted octanol–water partition coefficient (Wildman–Crippen LogP) is 3.68. The van der Waals surface area contributed by atoms with Crippen LogP contribution in [-0.2, 0) is 14.4 Å². The number of anilines is 2. The molecule has 9 heteroatoms. The Kier molecular flexibility index (Phi) is 9.41. The van der Waals surface area contributed by atoms with Gasteiger partial charge in [-0.05, 0) is 49.1 Å². The van der Waals surface area contributed by atoms with Gasteiger partial charge in [0.25, 0.3) is 0 Å². The van der Waals surface area contributed by atoms with E-state index in [2.05, 4.69) is 35.0 Å². The van der Waals surface area contributed by atoms with Gasteiger partial charge in [-0.2, -0.15) is 5.10 Å². The molecule has 0 aliphatic rings. The molecule has 0 saturated heterocycles. The number of carbonyl (C=O) groups excluding carboxylic acids is 3. The van der Waals surface area contributed by atoms with Crippen molar-refractivity contribution >= 4 is 34.8 Å². The van der Waals surface area contributed by atoms with Crippen molar-refractivity contribution in [2.45, 2.75) is 39.5 Å². The highest BCUT2D eigenvalue weighted by Gasteiger charge is 2.16. The van der Waals surface area contributed by atoms with E-state index < -0.39 is 11.8 Å². The van der Waals surface area contributed by atoms with E-state index in [-0.39, 0.29) is 12.3 Å². The summed E-state index contributed by atoms with van der Waals surface area (Å²) >= 11 is 0. The smallest absolute Gasteiger partial charge is 0.329 e. The number of benzene rings is 2. The molecule has 3 N–H and O–H groups in total. The van der Waals surface area contributed by atoms with Crippen LogP contribution < -0.4 is 25.5 Å². The zero-order valence-electron chi connectivity index (χ0n) is 19.5. The molecular formula is C24H30N4O5. The molecule has 176 valence electrons. The van der Waals surface area contributed by atoms with Gasteiger partial charge in [-0.15, -0.1) is 0 Å². The molecule has 9 nitrogen and oxygen atoms in total. The highest BCUT2D eigenvalue weighted by Crippen LogP contribution is 2.28. The summed E-state index contributed by atoms with van der Waals surface area (Å²) in [4.78, 5) is 36.4. The summed E-state index contributed by atoms with van der Waals surface area (Å²) < 4.78 is 10.3. The van der Waals surface area contributed by atoms with Crippen LogP contribution in [0, 0.1) is 0 Å². The van der Waals surface area contributed by atoms with E-state index in [9.17, 15) is 14.4 Å². The summed E-state index contributed by atoms with van der Waals surface area (Å²) in [6, 6.07) is 12.4. The maximum atomic E-state index is 12.2. The number of ether oxygens (including phenoxy) is 2. The van der Waals surface area contributed by atoms with Crippen LogP contribution in [0.3, 0.4) is 0 Å². The Morgan fingerprint density at radius 1 is 0.970 bits per heavy atom. The molecule has 2 rings (SSSR count). The Bertz CT molecular complexity index is 1020. The number of carbonyl (C=O) groups is 3. The molecule has 0 radical (unpaired) electrons. The summed E-state index contributed by atoms with van der Waals surface area (Å²) in [7, 11) is 2.94. The summed E-state index contributed by atoms with van der Waals surface area (Å²) in [5.41, 5.74) is 4.68. The fourth-order valence-electron chi connectivity index (χ4n) is 2.89. The van der Waals surface area contributed by atoms with Crippen LogP contribution >= 0.6 is 0 Å². The standard InChI is InChI=1S/C24H30N4O5/c1-6-15(2)17-7-9-18(10-8-17)25-22(29)13-16(3)27-28-24(31)23(30)26-20-12-11-19(32-4)14-21(20)33-5/h7-12,14-15H,6,13H2,1-5H3,(H,25,29)(H,26,30)(H,28,31)/b27-16-/t15-/m1/s1. The zero-order chi connectivity index (χ0) is 24.4. The molecule has 0 heterocycles. The van der Waals surface area contributed by atoms with E-state index in [1.165, 1.54) is 19.8 Å². The van der Waals surface area contributed by atoms with E-state index in [0.29, 0.717) is 34.5 Å². The Labute approximate surface area is 193 Å². The van der Waals surface area contributed by atoms with E-state index in [0.717, 1.165) is 6.42 Å². The second-order valence-electron chi connectivity index (χ2n) is 7.46. The number of methoxy groups -OCH3 is 2. The van der Waals surface area contributed by atoms with E-state index in [4.69, 9.17) is 9.47 Å². The Balaban J connectivity index is 1.87. The highest BCUT2D eigenvalue weighted by atomic mass is 16.5. The number of rotatable bonds is 9. The third kappa shape index (κ3) is 7.64. The Morgan fingerprint density at radius 3 is 2.27 bits per heavy atom. The molecule has 0 saturated carbocycles. The lowest BCUT2D eigenvalue weighted by Crippen LogP contribution is -2.33. The lowest BCUT2D eigenvalue weighted by Gasteiger charge is -2.11. The third-order valence-electron chi connectivity index (χ3n) is 5.00. The van der Waals surface area contributed by atoms with E-state index in [1.54, 1.807) is 25.1 Å². The average Bonchev–Trinajstić information content (AvgIpc) is 2.82. The number of hydrogen-bond acceptors (Lipinski definition) is 6. The Morgan fingerprint density at radius 2 is 1.67 bits per heavy atom. The quantitative estimate of drug-likeness (QED) is 0.303. The number of nitrogens with one attached hydrogen (secondary N) is 3. The van der Waals surface area contributed by atoms with Crippen LogP contribution in [0.1, 0.15) is 45.1 Å². The summed E-state index contributed by atoms with van der Waals surface area (Å²) in [6.45, 7) is 5.85. The monoisotopic (exact) mass is 454 g/mol. The van der Waals surface area contributed by atoms with Crippen molar-refractivity contribution in [2.24, 2.45) is 5.10 Å². The summed E-state index contributed by atoms with van der Waals surface area (Å²) in [5.74, 6) is -0.859. The maximum absolute atomic E-state index is 12.2. The minimum atomic E-state index is -0.978. The molecule has 2 aromatic carbocycles. The summed E-state index contributed by atoms with van der Waals surface area (Å²) in [6.07, 6.45) is 1.00. The molecule has 3 amide bonds. The summed E-state index contributed by atoms with van der Waals surface area (Å²) in [5, 5.41) is 9.06. The van der Waals surface area contributed by atoms with Crippen LogP contribution in [0.25, 0.3) is 0 Å². The highest BCUT2D eigenvalue weighted by molar-refractivity contribution is 6.39. The lowest BCUT2D eigenvalue weighted by molar-refractivity contribution is -0.136. The number of amides is 3. The predicted molar refractivity (Wildman–Crippen MR) is 128 cm³/mol. The van der Waals surface area contributed by atoms with Gasteiger partial charge in [0.1, 0.15) is 11.5 Å². The van der Waals surface area contributed by atoms with Crippen LogP contribution in [0.5, 0.6) is 11.5 Å². The first-order valence-corrected chi connectivity index (χ1v) is 10.5. The lowest BCUT2D eigenvalue weighted by atomic mass is 9.99. The van der Waals surface area contributed by atoms with Gasteiger partial charge < -0.3 is 20.1 Å². The molecule has 0 aliphatic carbocycles.